The van der Waals surface area contributed by atoms with Gasteiger partial charge in [-0.1, -0.05) is 18.2 Å². The third-order valence-corrected chi connectivity index (χ3v) is 7.24. The van der Waals surface area contributed by atoms with Gasteiger partial charge in [-0.15, -0.1) is 0 Å². The normalized spacial score (nSPS) is 23.6. The fourth-order valence-corrected chi connectivity index (χ4v) is 5.47. The maximum atomic E-state index is 13.5. The predicted octanol–water partition coefficient (Wildman–Crippen LogP) is 3.48. The molecule has 10 heteroatoms. The van der Waals surface area contributed by atoms with Crippen molar-refractivity contribution in [1.82, 2.24) is 19.7 Å². The quantitative estimate of drug-likeness (QED) is 0.667. The highest BCUT2D eigenvalue weighted by atomic mass is 19.4. The number of nitrogens with zero attached hydrogens (tertiary/aromatic N) is 5. The van der Waals surface area contributed by atoms with E-state index in [1.807, 2.05) is 11.9 Å². The van der Waals surface area contributed by atoms with Crippen LogP contribution in [0.1, 0.15) is 43.2 Å². The molecule has 1 aromatic rings. The molecule has 0 saturated carbocycles. The van der Waals surface area contributed by atoms with Crippen molar-refractivity contribution in [2.75, 3.05) is 46.8 Å². The van der Waals surface area contributed by atoms with Gasteiger partial charge in [0, 0.05) is 52.7 Å². The Morgan fingerprint density at radius 1 is 1.06 bits per heavy atom. The van der Waals surface area contributed by atoms with E-state index in [9.17, 15) is 22.8 Å². The van der Waals surface area contributed by atoms with Gasteiger partial charge in [-0.05, 0) is 43.7 Å². The molecule has 4 rings (SSSR count). The maximum absolute atomic E-state index is 13.5. The molecule has 0 radical (unpaired) electrons. The Labute approximate surface area is 198 Å². The number of carbonyl (C=O) groups excluding carboxylic acids is 2. The second-order valence-electron chi connectivity index (χ2n) is 9.48. The van der Waals surface area contributed by atoms with Crippen LogP contribution in [0.4, 0.5) is 18.0 Å². The smallest absolute Gasteiger partial charge is 0.337 e. The fourth-order valence-electron chi connectivity index (χ4n) is 5.47. The summed E-state index contributed by atoms with van der Waals surface area (Å²) in [6.07, 6.45) is -2.74. The molecule has 3 aliphatic rings. The van der Waals surface area contributed by atoms with E-state index in [-0.39, 0.29) is 29.8 Å². The molecule has 2 unspecified atom stereocenters. The van der Waals surface area contributed by atoms with Crippen LogP contribution < -0.4 is 0 Å². The van der Waals surface area contributed by atoms with Crippen molar-refractivity contribution in [1.29, 1.82) is 0 Å². The number of urea groups is 1. The van der Waals surface area contributed by atoms with E-state index in [0.717, 1.165) is 6.07 Å². The van der Waals surface area contributed by atoms with Gasteiger partial charge in [-0.2, -0.15) is 18.3 Å². The predicted molar refractivity (Wildman–Crippen MR) is 122 cm³/mol. The molecule has 0 N–H and O–H groups in total. The summed E-state index contributed by atoms with van der Waals surface area (Å²) in [5, 5.41) is 6.55. The van der Waals surface area contributed by atoms with Gasteiger partial charge in [0.15, 0.2) is 0 Å². The third kappa shape index (κ3) is 4.59. The first-order valence-electron chi connectivity index (χ1n) is 11.9. The van der Waals surface area contributed by atoms with Gasteiger partial charge in [0.1, 0.15) is 5.71 Å². The van der Waals surface area contributed by atoms with Gasteiger partial charge in [-0.3, -0.25) is 9.80 Å². The van der Waals surface area contributed by atoms with Crippen molar-refractivity contribution >= 4 is 17.6 Å². The highest BCUT2D eigenvalue weighted by Crippen LogP contribution is 2.39. The second kappa shape index (κ2) is 9.46. The van der Waals surface area contributed by atoms with Gasteiger partial charge in [-0.25, -0.2) is 4.79 Å². The number of alkyl halides is 3. The van der Waals surface area contributed by atoms with E-state index < -0.39 is 11.7 Å². The van der Waals surface area contributed by atoms with Crippen molar-refractivity contribution in [3.8, 4) is 0 Å². The lowest BCUT2D eigenvalue weighted by molar-refractivity contribution is -0.138. The molecule has 186 valence electrons. The molecule has 0 aliphatic carbocycles. The Morgan fingerprint density at radius 3 is 2.32 bits per heavy atom. The van der Waals surface area contributed by atoms with Gasteiger partial charge in [0.2, 0.25) is 0 Å². The minimum absolute atomic E-state index is 0.0298. The number of likely N-dealkylation sites (tertiary alicyclic amines) is 2. The van der Waals surface area contributed by atoms with E-state index in [4.69, 9.17) is 0 Å². The first-order chi connectivity index (χ1) is 16.1. The summed E-state index contributed by atoms with van der Waals surface area (Å²) >= 11 is 0. The minimum Gasteiger partial charge on any atom is -0.337 e. The Morgan fingerprint density at radius 2 is 1.71 bits per heavy atom. The first-order valence-corrected chi connectivity index (χ1v) is 11.9. The molecule has 7 nitrogen and oxygen atoms in total. The monoisotopic (exact) mass is 479 g/mol. The van der Waals surface area contributed by atoms with Gasteiger partial charge >= 0.3 is 12.2 Å². The zero-order chi connectivity index (χ0) is 24.6. The molecule has 0 spiro atoms. The van der Waals surface area contributed by atoms with Crippen LogP contribution in [-0.2, 0) is 11.0 Å². The number of amides is 3. The number of likely N-dealkylation sites (N-methyl/N-ethyl adjacent to an activating group) is 1. The Bertz CT molecular complexity index is 956. The number of benzene rings is 1. The summed E-state index contributed by atoms with van der Waals surface area (Å²) in [5.74, 6) is -0.393. The molecule has 1 aromatic carbocycles. The fraction of sp³-hybridized carbons (Fsp3) is 0.625. The lowest BCUT2D eigenvalue weighted by Gasteiger charge is -2.39. The van der Waals surface area contributed by atoms with Crippen LogP contribution in [0, 0.1) is 5.92 Å². The molecule has 3 amide bonds. The summed E-state index contributed by atoms with van der Waals surface area (Å²) in [6.45, 7) is 4.51. The van der Waals surface area contributed by atoms with Crippen LogP contribution in [0.5, 0.6) is 0 Å². The zero-order valence-electron chi connectivity index (χ0n) is 19.9. The summed E-state index contributed by atoms with van der Waals surface area (Å²) in [6, 6.07) is 5.66. The Kier molecular flexibility index (Phi) is 6.78. The SMILES string of the molecule is CCN1N=C(C(=O)N2CCC(c3ccccc3C(F)(F)F)CC2)C2CCN(C(=O)N(C)C)CC21. The molecular formula is C24H32F3N5O2. The Hall–Kier alpha value is -2.78. The highest BCUT2D eigenvalue weighted by molar-refractivity contribution is 6.40. The number of carbonyl (C=O) groups is 2. The van der Waals surface area contributed by atoms with E-state index in [1.54, 1.807) is 40.9 Å². The highest BCUT2D eigenvalue weighted by Gasteiger charge is 2.46. The lowest BCUT2D eigenvalue weighted by atomic mass is 9.85. The molecule has 34 heavy (non-hydrogen) atoms. The zero-order valence-corrected chi connectivity index (χ0v) is 19.9. The van der Waals surface area contributed by atoms with Crippen LogP contribution in [0.3, 0.4) is 0 Å². The number of piperidine rings is 2. The van der Waals surface area contributed by atoms with Crippen LogP contribution >= 0.6 is 0 Å². The van der Waals surface area contributed by atoms with Crippen molar-refractivity contribution in [3.63, 3.8) is 0 Å². The number of fused-ring (bicyclic) bond motifs is 1. The van der Waals surface area contributed by atoms with Crippen LogP contribution in [0.15, 0.2) is 29.4 Å². The van der Waals surface area contributed by atoms with Crippen LogP contribution in [-0.4, -0.2) is 90.2 Å². The molecule has 3 heterocycles. The molecule has 2 saturated heterocycles. The van der Waals surface area contributed by atoms with Crippen LogP contribution in [0.2, 0.25) is 0 Å². The summed E-state index contributed by atoms with van der Waals surface area (Å²) in [7, 11) is 3.45. The second-order valence-corrected chi connectivity index (χ2v) is 9.48. The molecule has 0 bridgehead atoms. The molecule has 2 atom stereocenters. The third-order valence-electron chi connectivity index (χ3n) is 7.24. The lowest BCUT2D eigenvalue weighted by Crippen LogP contribution is -2.54. The topological polar surface area (TPSA) is 59.5 Å². The number of hydrogen-bond acceptors (Lipinski definition) is 4. The average Bonchev–Trinajstić information content (AvgIpc) is 3.20. The van der Waals surface area contributed by atoms with Gasteiger partial charge in [0.05, 0.1) is 11.6 Å². The number of halogens is 3. The van der Waals surface area contributed by atoms with Crippen molar-refractivity contribution in [2.45, 2.75) is 44.3 Å². The average molecular weight is 480 g/mol. The number of hydrazone groups is 1. The van der Waals surface area contributed by atoms with Crippen molar-refractivity contribution in [3.05, 3.63) is 35.4 Å². The van der Waals surface area contributed by atoms with E-state index >= 15 is 0 Å². The summed E-state index contributed by atoms with van der Waals surface area (Å²) in [4.78, 5) is 30.9. The molecule has 0 aromatic heterocycles. The summed E-state index contributed by atoms with van der Waals surface area (Å²) < 4.78 is 40.4. The standard InChI is InChI=1S/C24H32F3N5O2/c1-4-32-20-15-31(23(34)29(2)3)14-11-18(20)21(28-32)22(33)30-12-9-16(10-13-30)17-7-5-6-8-19(17)24(25,26)27/h5-8,16,18,20H,4,9-15H2,1-3H3. The van der Waals surface area contributed by atoms with Gasteiger partial charge < -0.3 is 14.7 Å². The van der Waals surface area contributed by atoms with E-state index in [1.165, 1.54) is 6.07 Å². The number of hydrogen-bond donors (Lipinski definition) is 0. The largest absolute Gasteiger partial charge is 0.416 e. The van der Waals surface area contributed by atoms with E-state index in [2.05, 4.69) is 5.10 Å². The summed E-state index contributed by atoms with van der Waals surface area (Å²) in [5.41, 5.74) is 0.258. The van der Waals surface area contributed by atoms with Gasteiger partial charge in [0.25, 0.3) is 5.91 Å². The first kappa shape index (κ1) is 24.3. The van der Waals surface area contributed by atoms with Crippen LogP contribution in [0.25, 0.3) is 0 Å². The number of rotatable bonds is 3. The van der Waals surface area contributed by atoms with Crippen molar-refractivity contribution < 1.29 is 22.8 Å². The molecular weight excluding hydrogens is 447 g/mol. The molecule has 3 aliphatic heterocycles. The van der Waals surface area contributed by atoms with Crippen molar-refractivity contribution in [2.24, 2.45) is 11.0 Å². The maximum Gasteiger partial charge on any atom is 0.416 e. The van der Waals surface area contributed by atoms with E-state index in [0.29, 0.717) is 63.3 Å². The molecule has 2 fully saturated rings. The Balaban J connectivity index is 1.43. The minimum atomic E-state index is -4.39.